The van der Waals surface area contributed by atoms with Gasteiger partial charge in [0.05, 0.1) is 5.69 Å². The van der Waals surface area contributed by atoms with Crippen molar-refractivity contribution >= 4 is 22.4 Å². The van der Waals surface area contributed by atoms with Crippen LogP contribution in [-0.4, -0.2) is 20.9 Å². The minimum absolute atomic E-state index is 0.167. The molecule has 0 aliphatic heterocycles. The average molecular weight is 234 g/mol. The highest BCUT2D eigenvalue weighted by molar-refractivity contribution is 5.97. The molecule has 0 radical (unpaired) electrons. The van der Waals surface area contributed by atoms with Gasteiger partial charge in [-0.25, -0.2) is 4.39 Å². The second-order valence-electron chi connectivity index (χ2n) is 3.63. The molecule has 2 aromatic rings. The molecule has 1 heterocycles. The summed E-state index contributed by atoms with van der Waals surface area (Å²) >= 11 is 0. The van der Waals surface area contributed by atoms with Crippen LogP contribution in [0.25, 0.3) is 16.5 Å². The largest absolute Gasteiger partial charge is 0.408 e. The van der Waals surface area contributed by atoms with Gasteiger partial charge in [0.25, 0.3) is 5.96 Å². The van der Waals surface area contributed by atoms with Crippen molar-refractivity contribution in [3.05, 3.63) is 36.3 Å². The number of para-hydroxylation sites is 1. The second-order valence-corrected chi connectivity index (χ2v) is 3.63. The van der Waals surface area contributed by atoms with Crippen LogP contribution in [0.2, 0.25) is 0 Å². The molecule has 3 N–H and O–H groups in total. The predicted molar refractivity (Wildman–Crippen MR) is 63.2 cm³/mol. The van der Waals surface area contributed by atoms with Gasteiger partial charge in [-0.15, -0.1) is 0 Å². The Morgan fingerprint density at radius 2 is 2.29 bits per heavy atom. The average Bonchev–Trinajstić information content (AvgIpc) is 2.69. The molecule has 0 atom stereocenters. The van der Waals surface area contributed by atoms with Gasteiger partial charge in [0, 0.05) is 5.39 Å². The van der Waals surface area contributed by atoms with Crippen molar-refractivity contribution < 1.29 is 9.60 Å². The van der Waals surface area contributed by atoms with Crippen LogP contribution in [-0.2, 0) is 0 Å². The molecular formula is C11H11FN4O. The van der Waals surface area contributed by atoms with Gasteiger partial charge in [0.1, 0.15) is 11.3 Å². The van der Waals surface area contributed by atoms with Gasteiger partial charge in [0.2, 0.25) is 0 Å². The van der Waals surface area contributed by atoms with E-state index in [2.05, 4.69) is 16.8 Å². The molecule has 0 fully saturated rings. The smallest absolute Gasteiger partial charge is 0.258 e. The van der Waals surface area contributed by atoms with E-state index in [0.717, 1.165) is 4.68 Å². The molecule has 88 valence electrons. The van der Waals surface area contributed by atoms with E-state index < -0.39 is 5.82 Å². The maximum atomic E-state index is 13.7. The van der Waals surface area contributed by atoms with Gasteiger partial charge in [-0.1, -0.05) is 18.7 Å². The number of hydrogen-bond acceptors (Lipinski definition) is 3. The van der Waals surface area contributed by atoms with Gasteiger partial charge >= 0.3 is 0 Å². The van der Waals surface area contributed by atoms with Crippen molar-refractivity contribution in [2.75, 3.05) is 0 Å². The topological polar surface area (TPSA) is 76.4 Å². The Balaban J connectivity index is 2.90. The Labute approximate surface area is 96.6 Å². The quantitative estimate of drug-likeness (QED) is 0.341. The number of oxime groups is 1. The van der Waals surface area contributed by atoms with Crippen LogP contribution in [0.1, 0.15) is 12.6 Å². The van der Waals surface area contributed by atoms with Crippen molar-refractivity contribution in [3.8, 4) is 0 Å². The number of hydrogen-bond donors (Lipinski definition) is 2. The van der Waals surface area contributed by atoms with E-state index in [9.17, 15) is 4.39 Å². The Bertz CT molecular complexity index is 630. The summed E-state index contributed by atoms with van der Waals surface area (Å²) in [4.78, 5) is 0. The fourth-order valence-corrected chi connectivity index (χ4v) is 1.65. The molecule has 0 amide bonds. The van der Waals surface area contributed by atoms with Gasteiger partial charge in [-0.2, -0.15) is 9.78 Å². The molecule has 0 unspecified atom stereocenters. The summed E-state index contributed by atoms with van der Waals surface area (Å²) in [5, 5.41) is 16.1. The van der Waals surface area contributed by atoms with E-state index >= 15 is 0 Å². The lowest BCUT2D eigenvalue weighted by molar-refractivity contribution is 0.315. The molecule has 0 aliphatic carbocycles. The van der Waals surface area contributed by atoms with Gasteiger partial charge in [-0.05, 0) is 23.7 Å². The fourth-order valence-electron chi connectivity index (χ4n) is 1.65. The number of fused-ring (bicyclic) bond motifs is 1. The zero-order valence-corrected chi connectivity index (χ0v) is 9.18. The van der Waals surface area contributed by atoms with Crippen LogP contribution < -0.4 is 5.73 Å². The van der Waals surface area contributed by atoms with Gasteiger partial charge in [-0.3, -0.25) is 0 Å². The van der Waals surface area contributed by atoms with Gasteiger partial charge in [0.15, 0.2) is 0 Å². The number of nitrogens with two attached hydrogens (primary N) is 1. The highest BCUT2D eigenvalue weighted by Crippen LogP contribution is 2.25. The van der Waals surface area contributed by atoms with E-state index in [4.69, 9.17) is 10.9 Å². The molecular weight excluding hydrogens is 223 g/mol. The molecule has 6 heteroatoms. The van der Waals surface area contributed by atoms with E-state index in [1.54, 1.807) is 19.1 Å². The normalized spacial score (nSPS) is 12.0. The van der Waals surface area contributed by atoms with Crippen LogP contribution in [0.15, 0.2) is 29.9 Å². The molecule has 0 spiro atoms. The predicted octanol–water partition coefficient (Wildman–Crippen LogP) is 1.76. The van der Waals surface area contributed by atoms with Crippen molar-refractivity contribution in [2.24, 2.45) is 10.9 Å². The van der Waals surface area contributed by atoms with Crippen molar-refractivity contribution in [1.29, 1.82) is 0 Å². The summed E-state index contributed by atoms with van der Waals surface area (Å²) in [5.41, 5.74) is 6.81. The maximum Gasteiger partial charge on any atom is 0.258 e. The van der Waals surface area contributed by atoms with E-state index in [0.29, 0.717) is 16.7 Å². The first kappa shape index (κ1) is 11.1. The van der Waals surface area contributed by atoms with Gasteiger partial charge < -0.3 is 10.9 Å². The van der Waals surface area contributed by atoms with Crippen LogP contribution in [0.5, 0.6) is 0 Å². The first-order valence-corrected chi connectivity index (χ1v) is 4.87. The summed E-state index contributed by atoms with van der Waals surface area (Å²) in [7, 11) is 0. The summed E-state index contributed by atoms with van der Waals surface area (Å²) in [6, 6.07) is 4.56. The number of allylic oxidation sites excluding steroid dienone is 1. The molecule has 1 aromatic carbocycles. The van der Waals surface area contributed by atoms with Crippen LogP contribution in [0.4, 0.5) is 4.39 Å². The molecule has 0 saturated carbocycles. The van der Waals surface area contributed by atoms with Crippen molar-refractivity contribution in [3.63, 3.8) is 0 Å². The lowest BCUT2D eigenvalue weighted by Crippen LogP contribution is -2.23. The highest BCUT2D eigenvalue weighted by Gasteiger charge is 2.16. The van der Waals surface area contributed by atoms with Crippen molar-refractivity contribution in [2.45, 2.75) is 6.92 Å². The van der Waals surface area contributed by atoms with Crippen molar-refractivity contribution in [1.82, 2.24) is 9.78 Å². The third-order valence-electron chi connectivity index (χ3n) is 2.38. The monoisotopic (exact) mass is 234 g/mol. The Hall–Kier alpha value is -2.37. The highest BCUT2D eigenvalue weighted by atomic mass is 19.1. The summed E-state index contributed by atoms with van der Waals surface area (Å²) in [6.07, 6.45) is 0. The standard InChI is InChI=1S/C11H11FN4O/c1-6(2)9-7-4-3-5-8(12)10(7)16(14-9)11(13)15-17/h3-5,17H,1H2,2H3,(H2,13,15). The lowest BCUT2D eigenvalue weighted by Gasteiger charge is -1.99. The summed E-state index contributed by atoms with van der Waals surface area (Å²) < 4.78 is 14.8. The minimum atomic E-state index is -0.492. The molecule has 0 saturated heterocycles. The molecule has 2 rings (SSSR count). The first-order valence-electron chi connectivity index (χ1n) is 4.87. The summed E-state index contributed by atoms with van der Waals surface area (Å²) in [6.45, 7) is 5.52. The zero-order chi connectivity index (χ0) is 12.6. The van der Waals surface area contributed by atoms with E-state index in [1.807, 2.05) is 0 Å². The Morgan fingerprint density at radius 1 is 1.59 bits per heavy atom. The number of nitrogens with zero attached hydrogens (tertiary/aromatic N) is 3. The molecule has 17 heavy (non-hydrogen) atoms. The Kier molecular flexibility index (Phi) is 2.55. The Morgan fingerprint density at radius 3 is 2.88 bits per heavy atom. The SMILES string of the molecule is C=C(C)c1nn(/C(N)=N/O)c2c(F)cccc12. The van der Waals surface area contributed by atoms with Crippen LogP contribution in [0, 0.1) is 5.82 Å². The number of rotatable bonds is 1. The maximum absolute atomic E-state index is 13.7. The summed E-state index contributed by atoms with van der Waals surface area (Å²) in [5.74, 6) is -0.790. The lowest BCUT2D eigenvalue weighted by atomic mass is 10.1. The van der Waals surface area contributed by atoms with E-state index in [1.165, 1.54) is 6.07 Å². The van der Waals surface area contributed by atoms with Crippen LogP contribution in [0.3, 0.4) is 0 Å². The second kappa shape index (κ2) is 3.89. The zero-order valence-electron chi connectivity index (χ0n) is 9.18. The molecule has 0 bridgehead atoms. The number of benzene rings is 1. The fraction of sp³-hybridized carbons (Fsp3) is 0.0909. The molecule has 5 nitrogen and oxygen atoms in total. The number of aromatic nitrogens is 2. The molecule has 0 aliphatic rings. The third-order valence-corrected chi connectivity index (χ3v) is 2.38. The first-order chi connectivity index (χ1) is 8.06. The molecule has 1 aromatic heterocycles. The van der Waals surface area contributed by atoms with Crippen LogP contribution >= 0.6 is 0 Å². The third kappa shape index (κ3) is 1.63. The van der Waals surface area contributed by atoms with E-state index in [-0.39, 0.29) is 11.5 Å². The number of halogens is 1. The minimum Gasteiger partial charge on any atom is -0.408 e.